The van der Waals surface area contributed by atoms with Crippen molar-refractivity contribution in [3.63, 3.8) is 0 Å². The van der Waals surface area contributed by atoms with E-state index in [0.29, 0.717) is 10.7 Å². The van der Waals surface area contributed by atoms with E-state index < -0.39 is 0 Å². The molecule has 0 amide bonds. The Bertz CT molecular complexity index is 332. The first kappa shape index (κ1) is 14.6. The van der Waals surface area contributed by atoms with E-state index in [1.165, 1.54) is 0 Å². The van der Waals surface area contributed by atoms with Gasteiger partial charge in [0.2, 0.25) is 0 Å². The van der Waals surface area contributed by atoms with Crippen LogP contribution >= 0.6 is 24.0 Å². The molecule has 0 aromatic heterocycles. The van der Waals surface area contributed by atoms with Crippen molar-refractivity contribution in [3.8, 4) is 0 Å². The van der Waals surface area contributed by atoms with E-state index in [2.05, 4.69) is 20.8 Å². The molecular weight excluding hydrogens is 231 g/mol. The molecular formula is C11H18Cl2N2. The largest absolute Gasteiger partial charge is 0.398 e. The Morgan fingerprint density at radius 1 is 1.27 bits per heavy atom. The summed E-state index contributed by atoms with van der Waals surface area (Å²) in [7, 11) is 0. The number of benzene rings is 1. The van der Waals surface area contributed by atoms with Gasteiger partial charge in [-0.05, 0) is 29.2 Å². The van der Waals surface area contributed by atoms with Crippen LogP contribution in [-0.2, 0) is 0 Å². The van der Waals surface area contributed by atoms with Crippen molar-refractivity contribution in [2.45, 2.75) is 26.8 Å². The fourth-order valence-corrected chi connectivity index (χ4v) is 1.46. The van der Waals surface area contributed by atoms with Crippen LogP contribution in [0.4, 0.5) is 5.69 Å². The lowest BCUT2D eigenvalue weighted by molar-refractivity contribution is 0.328. The van der Waals surface area contributed by atoms with Gasteiger partial charge in [-0.1, -0.05) is 32.4 Å². The first-order valence-corrected chi connectivity index (χ1v) is 5.00. The normalized spacial score (nSPS) is 13.1. The molecule has 0 spiro atoms. The minimum atomic E-state index is -0.0961. The summed E-state index contributed by atoms with van der Waals surface area (Å²) in [6.07, 6.45) is 0. The maximum Gasteiger partial charge on any atom is 0.0410 e. The predicted octanol–water partition coefficient (Wildman–Crippen LogP) is 3.39. The summed E-state index contributed by atoms with van der Waals surface area (Å²) in [5, 5.41) is 0.675. The second kappa shape index (κ2) is 5.06. The number of nitrogens with two attached hydrogens (primary N) is 2. The van der Waals surface area contributed by atoms with Crippen molar-refractivity contribution >= 4 is 29.7 Å². The van der Waals surface area contributed by atoms with Gasteiger partial charge in [-0.3, -0.25) is 0 Å². The number of hydrogen-bond acceptors (Lipinski definition) is 2. The van der Waals surface area contributed by atoms with Gasteiger partial charge in [0.15, 0.2) is 0 Å². The van der Waals surface area contributed by atoms with Gasteiger partial charge in [0.25, 0.3) is 0 Å². The van der Waals surface area contributed by atoms with Crippen LogP contribution in [0.5, 0.6) is 0 Å². The molecule has 1 rings (SSSR count). The summed E-state index contributed by atoms with van der Waals surface area (Å²) >= 11 is 5.90. The van der Waals surface area contributed by atoms with Gasteiger partial charge in [-0.25, -0.2) is 0 Å². The maximum absolute atomic E-state index is 6.10. The van der Waals surface area contributed by atoms with Crippen molar-refractivity contribution in [1.82, 2.24) is 0 Å². The van der Waals surface area contributed by atoms with Gasteiger partial charge in [-0.15, -0.1) is 12.4 Å². The highest BCUT2D eigenvalue weighted by Gasteiger charge is 2.23. The molecule has 86 valence electrons. The molecule has 15 heavy (non-hydrogen) atoms. The zero-order chi connectivity index (χ0) is 10.9. The highest BCUT2D eigenvalue weighted by atomic mass is 35.5. The van der Waals surface area contributed by atoms with Crippen LogP contribution in [0, 0.1) is 5.41 Å². The van der Waals surface area contributed by atoms with Crippen LogP contribution in [0.15, 0.2) is 18.2 Å². The zero-order valence-electron chi connectivity index (χ0n) is 9.25. The summed E-state index contributed by atoms with van der Waals surface area (Å²) in [5.41, 5.74) is 13.6. The van der Waals surface area contributed by atoms with Gasteiger partial charge < -0.3 is 11.5 Å². The van der Waals surface area contributed by atoms with Gasteiger partial charge in [0, 0.05) is 16.8 Å². The second-order valence-corrected chi connectivity index (χ2v) is 5.05. The third-order valence-corrected chi connectivity index (χ3v) is 2.55. The first-order chi connectivity index (χ1) is 6.32. The molecule has 0 aliphatic rings. The maximum atomic E-state index is 6.10. The van der Waals surface area contributed by atoms with E-state index >= 15 is 0 Å². The van der Waals surface area contributed by atoms with Gasteiger partial charge >= 0.3 is 0 Å². The standard InChI is InChI=1S/C11H17ClN2.ClH/c1-11(2,3)10(14)8-6-7(12)4-5-9(8)13;/h4-6,10H,13-14H2,1-3H3;1H/t10-;/m1./s1. The molecule has 0 heterocycles. The van der Waals surface area contributed by atoms with Crippen molar-refractivity contribution in [1.29, 1.82) is 0 Å². The first-order valence-electron chi connectivity index (χ1n) is 4.63. The molecule has 0 saturated carbocycles. The second-order valence-electron chi connectivity index (χ2n) is 4.62. The van der Waals surface area contributed by atoms with E-state index in [9.17, 15) is 0 Å². The average Bonchev–Trinajstić information content (AvgIpc) is 2.06. The van der Waals surface area contributed by atoms with Gasteiger partial charge in [-0.2, -0.15) is 0 Å². The molecule has 1 aromatic rings. The molecule has 0 aliphatic carbocycles. The molecule has 0 unspecified atom stereocenters. The Balaban J connectivity index is 0.00000196. The molecule has 1 aromatic carbocycles. The van der Waals surface area contributed by atoms with Crippen LogP contribution < -0.4 is 11.5 Å². The van der Waals surface area contributed by atoms with E-state index in [-0.39, 0.29) is 23.9 Å². The van der Waals surface area contributed by atoms with E-state index in [1.54, 1.807) is 12.1 Å². The van der Waals surface area contributed by atoms with Crippen LogP contribution in [0.25, 0.3) is 0 Å². The molecule has 4 heteroatoms. The lowest BCUT2D eigenvalue weighted by Gasteiger charge is -2.28. The SMILES string of the molecule is CC(C)(C)[C@H](N)c1cc(Cl)ccc1N.Cl. The van der Waals surface area contributed by atoms with Crippen LogP contribution in [-0.4, -0.2) is 0 Å². The average molecular weight is 249 g/mol. The Labute approximate surface area is 102 Å². The highest BCUT2D eigenvalue weighted by Crippen LogP contribution is 2.34. The summed E-state index contributed by atoms with van der Waals surface area (Å²) < 4.78 is 0. The highest BCUT2D eigenvalue weighted by molar-refractivity contribution is 6.30. The molecule has 0 bridgehead atoms. The summed E-state index contributed by atoms with van der Waals surface area (Å²) in [5.74, 6) is 0. The van der Waals surface area contributed by atoms with Crippen molar-refractivity contribution in [3.05, 3.63) is 28.8 Å². The summed E-state index contributed by atoms with van der Waals surface area (Å²) in [4.78, 5) is 0. The minimum Gasteiger partial charge on any atom is -0.398 e. The van der Waals surface area contributed by atoms with Crippen molar-refractivity contribution < 1.29 is 0 Å². The third-order valence-electron chi connectivity index (χ3n) is 2.32. The number of anilines is 1. The monoisotopic (exact) mass is 248 g/mol. The Morgan fingerprint density at radius 2 is 1.80 bits per heavy atom. The van der Waals surface area contributed by atoms with Crippen LogP contribution in [0.1, 0.15) is 32.4 Å². The zero-order valence-corrected chi connectivity index (χ0v) is 10.8. The van der Waals surface area contributed by atoms with Crippen LogP contribution in [0.3, 0.4) is 0 Å². The molecule has 4 N–H and O–H groups in total. The fourth-order valence-electron chi connectivity index (χ4n) is 1.28. The smallest absolute Gasteiger partial charge is 0.0410 e. The topological polar surface area (TPSA) is 52.0 Å². The van der Waals surface area contributed by atoms with E-state index in [0.717, 1.165) is 5.56 Å². The lowest BCUT2D eigenvalue weighted by Crippen LogP contribution is -2.27. The fraction of sp³-hybridized carbons (Fsp3) is 0.455. The molecule has 0 aliphatic heterocycles. The summed E-state index contributed by atoms with van der Waals surface area (Å²) in [6.45, 7) is 6.24. The van der Waals surface area contributed by atoms with Gasteiger partial charge in [0.1, 0.15) is 0 Å². The van der Waals surface area contributed by atoms with E-state index in [1.807, 2.05) is 6.07 Å². The summed E-state index contributed by atoms with van der Waals surface area (Å²) in [6, 6.07) is 5.31. The Morgan fingerprint density at radius 3 is 2.27 bits per heavy atom. The predicted molar refractivity (Wildman–Crippen MR) is 69.5 cm³/mol. The van der Waals surface area contributed by atoms with E-state index in [4.69, 9.17) is 23.1 Å². The number of hydrogen-bond donors (Lipinski definition) is 2. The molecule has 1 atom stereocenters. The van der Waals surface area contributed by atoms with Crippen LogP contribution in [0.2, 0.25) is 5.02 Å². The molecule has 2 nitrogen and oxygen atoms in total. The molecule has 0 saturated heterocycles. The van der Waals surface area contributed by atoms with Gasteiger partial charge in [0.05, 0.1) is 0 Å². The number of nitrogen functional groups attached to an aromatic ring is 1. The number of rotatable bonds is 1. The van der Waals surface area contributed by atoms with Crippen molar-refractivity contribution in [2.24, 2.45) is 11.1 Å². The lowest BCUT2D eigenvalue weighted by atomic mass is 9.82. The molecule has 0 fully saturated rings. The number of halogens is 2. The molecule has 0 radical (unpaired) electrons. The Kier molecular flexibility index (Phi) is 4.91. The quantitative estimate of drug-likeness (QED) is 0.749. The Hall–Kier alpha value is -0.440. The van der Waals surface area contributed by atoms with Crippen molar-refractivity contribution in [2.75, 3.05) is 5.73 Å². The third kappa shape index (κ3) is 3.56. The minimum absolute atomic E-state index is 0.